The number of nitrogens with two attached hydrogens (primary N) is 1. The molecule has 0 saturated carbocycles. The Labute approximate surface area is 127 Å². The van der Waals surface area contributed by atoms with Crippen LogP contribution in [0.25, 0.3) is 0 Å². The summed E-state index contributed by atoms with van der Waals surface area (Å²) in [5, 5.41) is 0. The van der Waals surface area contributed by atoms with E-state index in [-0.39, 0.29) is 6.04 Å². The lowest BCUT2D eigenvalue weighted by Crippen LogP contribution is -2.38. The van der Waals surface area contributed by atoms with Gasteiger partial charge in [0, 0.05) is 19.1 Å². The van der Waals surface area contributed by atoms with E-state index in [1.54, 1.807) is 14.2 Å². The highest BCUT2D eigenvalue weighted by Gasteiger charge is 2.16. The fourth-order valence-electron chi connectivity index (χ4n) is 2.70. The molecule has 21 heavy (non-hydrogen) atoms. The minimum absolute atomic E-state index is 0.285. The van der Waals surface area contributed by atoms with Gasteiger partial charge in [0.25, 0.3) is 0 Å². The van der Waals surface area contributed by atoms with Gasteiger partial charge in [-0.2, -0.15) is 0 Å². The zero-order valence-electron chi connectivity index (χ0n) is 13.0. The molecule has 1 aliphatic heterocycles. The van der Waals surface area contributed by atoms with Crippen LogP contribution in [0, 0.1) is 0 Å². The highest BCUT2D eigenvalue weighted by Crippen LogP contribution is 2.36. The van der Waals surface area contributed by atoms with Crippen LogP contribution >= 0.6 is 0 Å². The third-order valence-corrected chi connectivity index (χ3v) is 3.83. The van der Waals surface area contributed by atoms with E-state index >= 15 is 0 Å². The van der Waals surface area contributed by atoms with Crippen LogP contribution in [0.3, 0.4) is 0 Å². The van der Waals surface area contributed by atoms with Gasteiger partial charge in [-0.05, 0) is 31.5 Å². The first-order chi connectivity index (χ1) is 10.2. The van der Waals surface area contributed by atoms with E-state index in [0.717, 1.165) is 26.1 Å². The lowest BCUT2D eigenvalue weighted by atomic mass is 10.2. The van der Waals surface area contributed by atoms with E-state index in [1.165, 1.54) is 12.8 Å². The number of ether oxygens (including phenoxy) is 3. The molecule has 5 nitrogen and oxygen atoms in total. The number of hydrogen-bond donors (Lipinski definition) is 1. The topological polar surface area (TPSA) is 57.0 Å². The molecule has 1 aliphatic rings. The average Bonchev–Trinajstić information content (AvgIpc) is 2.71. The van der Waals surface area contributed by atoms with Crippen LogP contribution in [0.4, 0.5) is 0 Å². The van der Waals surface area contributed by atoms with Crippen molar-refractivity contribution in [2.75, 3.05) is 40.5 Å². The Morgan fingerprint density at radius 1 is 1.19 bits per heavy atom. The van der Waals surface area contributed by atoms with Crippen molar-refractivity contribution in [3.05, 3.63) is 18.2 Å². The summed E-state index contributed by atoms with van der Waals surface area (Å²) in [6.45, 7) is 3.52. The number of rotatable bonds is 6. The second kappa shape index (κ2) is 8.10. The molecule has 1 heterocycles. The van der Waals surface area contributed by atoms with Crippen molar-refractivity contribution in [1.82, 2.24) is 4.90 Å². The number of likely N-dealkylation sites (tertiary alicyclic amines) is 1. The van der Waals surface area contributed by atoms with Gasteiger partial charge in [0.05, 0.1) is 14.2 Å². The molecule has 1 atom stereocenters. The molecule has 1 fully saturated rings. The van der Waals surface area contributed by atoms with Crippen LogP contribution in [0.1, 0.15) is 19.3 Å². The van der Waals surface area contributed by atoms with Gasteiger partial charge in [-0.25, -0.2) is 0 Å². The molecule has 0 spiro atoms. The van der Waals surface area contributed by atoms with Crippen molar-refractivity contribution in [3.8, 4) is 17.2 Å². The number of nitrogens with zero attached hydrogens (tertiary/aromatic N) is 1. The highest BCUT2D eigenvalue weighted by molar-refractivity contribution is 5.51. The summed E-state index contributed by atoms with van der Waals surface area (Å²) in [6, 6.07) is 5.92. The summed E-state index contributed by atoms with van der Waals surface area (Å²) in [5.41, 5.74) is 6.08. The Balaban J connectivity index is 1.90. The second-order valence-corrected chi connectivity index (χ2v) is 5.40. The van der Waals surface area contributed by atoms with E-state index in [9.17, 15) is 0 Å². The maximum absolute atomic E-state index is 6.08. The number of methoxy groups -OCH3 is 2. The van der Waals surface area contributed by atoms with Gasteiger partial charge in [-0.3, -0.25) is 4.90 Å². The largest absolute Gasteiger partial charge is 0.493 e. The third kappa shape index (κ3) is 4.51. The first kappa shape index (κ1) is 15.9. The van der Waals surface area contributed by atoms with Gasteiger partial charge < -0.3 is 19.9 Å². The normalized spacial score (nSPS) is 19.9. The van der Waals surface area contributed by atoms with Crippen LogP contribution < -0.4 is 19.9 Å². The zero-order valence-corrected chi connectivity index (χ0v) is 13.0. The maximum Gasteiger partial charge on any atom is 0.203 e. The second-order valence-electron chi connectivity index (χ2n) is 5.40. The molecule has 1 unspecified atom stereocenters. The highest BCUT2D eigenvalue weighted by atomic mass is 16.5. The third-order valence-electron chi connectivity index (χ3n) is 3.83. The standard InChI is InChI=1S/C16H26N2O3/c1-19-14-7-5-8-15(20-2)16(14)21-11-10-18-9-4-3-6-13(17)12-18/h5,7-8,13H,3-4,6,9-12,17H2,1-2H3. The van der Waals surface area contributed by atoms with Crippen molar-refractivity contribution in [1.29, 1.82) is 0 Å². The smallest absolute Gasteiger partial charge is 0.203 e. The summed E-state index contributed by atoms with van der Waals surface area (Å²) in [6.07, 6.45) is 3.56. The Morgan fingerprint density at radius 3 is 2.57 bits per heavy atom. The van der Waals surface area contributed by atoms with Gasteiger partial charge in [-0.15, -0.1) is 0 Å². The van der Waals surface area contributed by atoms with Crippen LogP contribution in [0.2, 0.25) is 0 Å². The van der Waals surface area contributed by atoms with Crippen molar-refractivity contribution >= 4 is 0 Å². The summed E-state index contributed by atoms with van der Waals surface area (Å²) >= 11 is 0. The molecule has 1 aromatic rings. The van der Waals surface area contributed by atoms with E-state index < -0.39 is 0 Å². The van der Waals surface area contributed by atoms with Gasteiger partial charge in [0.1, 0.15) is 6.61 Å². The van der Waals surface area contributed by atoms with E-state index in [0.29, 0.717) is 23.9 Å². The van der Waals surface area contributed by atoms with E-state index in [1.807, 2.05) is 18.2 Å². The monoisotopic (exact) mass is 294 g/mol. The lowest BCUT2D eigenvalue weighted by Gasteiger charge is -2.22. The molecule has 0 aromatic heterocycles. The molecule has 118 valence electrons. The van der Waals surface area contributed by atoms with Gasteiger partial charge in [0.2, 0.25) is 5.75 Å². The Hall–Kier alpha value is -1.46. The Kier molecular flexibility index (Phi) is 6.14. The molecule has 5 heteroatoms. The summed E-state index contributed by atoms with van der Waals surface area (Å²) in [7, 11) is 3.27. The minimum atomic E-state index is 0.285. The maximum atomic E-state index is 6.08. The molecule has 2 rings (SSSR count). The molecule has 0 aliphatic carbocycles. The molecule has 2 N–H and O–H groups in total. The van der Waals surface area contributed by atoms with Crippen molar-refractivity contribution in [3.63, 3.8) is 0 Å². The molecular weight excluding hydrogens is 268 g/mol. The van der Waals surface area contributed by atoms with Crippen LogP contribution in [0.5, 0.6) is 17.2 Å². The SMILES string of the molecule is COc1cccc(OC)c1OCCN1CCCCC(N)C1. The first-order valence-corrected chi connectivity index (χ1v) is 7.56. The molecule has 0 radical (unpaired) electrons. The summed E-state index contributed by atoms with van der Waals surface area (Å²) in [4.78, 5) is 2.37. The average molecular weight is 294 g/mol. The Bertz CT molecular complexity index is 417. The number of hydrogen-bond acceptors (Lipinski definition) is 5. The summed E-state index contributed by atoms with van der Waals surface area (Å²) < 4.78 is 16.6. The van der Waals surface area contributed by atoms with Crippen LogP contribution in [0.15, 0.2) is 18.2 Å². The van der Waals surface area contributed by atoms with Crippen molar-refractivity contribution in [2.45, 2.75) is 25.3 Å². The zero-order chi connectivity index (χ0) is 15.1. The van der Waals surface area contributed by atoms with Crippen LogP contribution in [-0.4, -0.2) is 51.4 Å². The fourth-order valence-corrected chi connectivity index (χ4v) is 2.70. The number of benzene rings is 1. The molecular formula is C16H26N2O3. The quantitative estimate of drug-likeness (QED) is 0.868. The fraction of sp³-hybridized carbons (Fsp3) is 0.625. The minimum Gasteiger partial charge on any atom is -0.493 e. The Morgan fingerprint density at radius 2 is 1.90 bits per heavy atom. The molecule has 0 amide bonds. The van der Waals surface area contributed by atoms with E-state index in [2.05, 4.69) is 4.90 Å². The van der Waals surface area contributed by atoms with E-state index in [4.69, 9.17) is 19.9 Å². The lowest BCUT2D eigenvalue weighted by molar-refractivity contribution is 0.199. The predicted molar refractivity (Wildman–Crippen MR) is 83.3 cm³/mol. The summed E-state index contributed by atoms with van der Waals surface area (Å²) in [5.74, 6) is 2.06. The van der Waals surface area contributed by atoms with Crippen molar-refractivity contribution in [2.24, 2.45) is 5.73 Å². The van der Waals surface area contributed by atoms with Crippen LogP contribution in [-0.2, 0) is 0 Å². The predicted octanol–water partition coefficient (Wildman–Crippen LogP) is 1.90. The first-order valence-electron chi connectivity index (χ1n) is 7.56. The molecule has 0 bridgehead atoms. The molecule has 1 aromatic carbocycles. The van der Waals surface area contributed by atoms with Gasteiger partial charge >= 0.3 is 0 Å². The van der Waals surface area contributed by atoms with Crippen molar-refractivity contribution < 1.29 is 14.2 Å². The number of para-hydroxylation sites is 1. The molecule has 1 saturated heterocycles. The van der Waals surface area contributed by atoms with Gasteiger partial charge in [0.15, 0.2) is 11.5 Å². The van der Waals surface area contributed by atoms with Gasteiger partial charge in [-0.1, -0.05) is 12.5 Å².